The first kappa shape index (κ1) is 17.5. The molecule has 1 aromatic rings. The summed E-state index contributed by atoms with van der Waals surface area (Å²) in [6.45, 7) is 8.13. The summed E-state index contributed by atoms with van der Waals surface area (Å²) in [5.74, 6) is -1.55. The van der Waals surface area contributed by atoms with Crippen molar-refractivity contribution in [2.24, 2.45) is 0 Å². The first-order chi connectivity index (χ1) is 9.23. The molecule has 0 atom stereocenters. The smallest absolute Gasteiger partial charge is 0.408 e. The van der Waals surface area contributed by atoms with Crippen molar-refractivity contribution in [3.05, 3.63) is 11.8 Å². The van der Waals surface area contributed by atoms with E-state index in [-0.39, 0.29) is 10.9 Å². The molecule has 0 aliphatic rings. The van der Waals surface area contributed by atoms with Crippen molar-refractivity contribution in [2.45, 2.75) is 51.6 Å². The lowest BCUT2D eigenvalue weighted by molar-refractivity contribution is -0.143. The van der Waals surface area contributed by atoms with Crippen LogP contribution in [0.1, 0.15) is 31.3 Å². The molecule has 0 bridgehead atoms. The normalized spacial score (nSPS) is 13.3. The second-order valence-electron chi connectivity index (χ2n) is 6.31. The summed E-state index contributed by atoms with van der Waals surface area (Å²) in [6.07, 6.45) is -4.51. The van der Waals surface area contributed by atoms with E-state index in [4.69, 9.17) is 9.53 Å². The van der Waals surface area contributed by atoms with Gasteiger partial charge >= 0.3 is 12.1 Å². The molecule has 1 aromatic heterocycles. The lowest BCUT2D eigenvalue weighted by Crippen LogP contribution is -2.44. The fourth-order valence-electron chi connectivity index (χ4n) is 1.28. The van der Waals surface area contributed by atoms with Gasteiger partial charge < -0.3 is 9.53 Å². The summed E-state index contributed by atoms with van der Waals surface area (Å²) in [5, 5.41) is 12.1. The van der Waals surface area contributed by atoms with Gasteiger partial charge in [-0.3, -0.25) is 0 Å². The Balaban J connectivity index is 3.19. The van der Waals surface area contributed by atoms with Crippen molar-refractivity contribution in [3.8, 4) is 5.88 Å². The molecule has 1 N–H and O–H groups in total. The summed E-state index contributed by atoms with van der Waals surface area (Å²) in [4.78, 5) is 10.9. The van der Waals surface area contributed by atoms with E-state index in [1.165, 1.54) is 0 Å². The highest BCUT2D eigenvalue weighted by Crippen LogP contribution is 2.37. The Labute approximate surface area is 121 Å². The Morgan fingerprint density at radius 3 is 2.29 bits per heavy atom. The maximum Gasteiger partial charge on any atom is 0.408 e. The largest absolute Gasteiger partial charge is 0.531 e. The van der Waals surface area contributed by atoms with E-state index in [1.807, 2.05) is 33.9 Å². The van der Waals surface area contributed by atoms with Crippen LogP contribution in [0.5, 0.6) is 5.88 Å². The zero-order valence-corrected chi connectivity index (χ0v) is 13.6. The van der Waals surface area contributed by atoms with E-state index < -0.39 is 32.7 Å². The van der Waals surface area contributed by atoms with Crippen LogP contribution in [0.4, 0.5) is 13.2 Å². The highest BCUT2D eigenvalue weighted by molar-refractivity contribution is 6.74. The Hall–Kier alpha value is -1.51. The van der Waals surface area contributed by atoms with Gasteiger partial charge in [-0.15, -0.1) is 0 Å². The number of carboxylic acids is 1. The highest BCUT2D eigenvalue weighted by atomic mass is 28.4. The minimum atomic E-state index is -4.51. The number of halogens is 3. The molecule has 0 unspecified atom stereocenters. The molecule has 0 amide bonds. The number of aromatic carboxylic acids is 1. The summed E-state index contributed by atoms with van der Waals surface area (Å²) < 4.78 is 43.9. The minimum absolute atomic E-state index is 0.156. The van der Waals surface area contributed by atoms with Crippen LogP contribution in [0, 0.1) is 0 Å². The number of rotatable bonds is 4. The molecule has 0 fully saturated rings. The van der Waals surface area contributed by atoms with Gasteiger partial charge in [-0.05, 0) is 18.1 Å². The second kappa shape index (κ2) is 5.36. The third-order valence-corrected chi connectivity index (χ3v) is 7.79. The maximum atomic E-state index is 12.5. The number of aromatic nitrogens is 2. The van der Waals surface area contributed by atoms with Crippen LogP contribution in [-0.4, -0.2) is 35.4 Å². The number of hydrogen-bond acceptors (Lipinski definition) is 3. The summed E-state index contributed by atoms with van der Waals surface area (Å²) >= 11 is 0. The zero-order valence-electron chi connectivity index (χ0n) is 12.6. The van der Waals surface area contributed by atoms with Gasteiger partial charge in [0.05, 0.1) is 0 Å². The van der Waals surface area contributed by atoms with Gasteiger partial charge in [0.1, 0.15) is 6.54 Å². The Morgan fingerprint density at radius 1 is 1.38 bits per heavy atom. The topological polar surface area (TPSA) is 64.3 Å². The van der Waals surface area contributed by atoms with Gasteiger partial charge in [-0.2, -0.15) is 18.3 Å². The SMILES string of the molecule is CC(C)(C)[Si](C)(C)Oc1cc(C(=O)O)nn1CC(F)(F)F. The molecule has 0 radical (unpaired) electrons. The van der Waals surface area contributed by atoms with Gasteiger partial charge in [0.2, 0.25) is 0 Å². The third-order valence-electron chi connectivity index (χ3n) is 3.46. The summed E-state index contributed by atoms with van der Waals surface area (Å²) in [6, 6.07) is 1.04. The molecule has 9 heteroatoms. The number of hydrogen-bond donors (Lipinski definition) is 1. The number of carboxylic acid groups (broad SMARTS) is 1. The van der Waals surface area contributed by atoms with E-state index in [0.717, 1.165) is 6.07 Å². The molecule has 0 saturated carbocycles. The van der Waals surface area contributed by atoms with Crippen LogP contribution in [0.3, 0.4) is 0 Å². The van der Waals surface area contributed by atoms with Crippen molar-refractivity contribution in [1.29, 1.82) is 0 Å². The Bertz CT molecular complexity index is 533. The van der Waals surface area contributed by atoms with E-state index in [0.29, 0.717) is 4.68 Å². The predicted molar refractivity (Wildman–Crippen MR) is 73.1 cm³/mol. The predicted octanol–water partition coefficient (Wildman–Crippen LogP) is 3.53. The first-order valence-corrected chi connectivity index (χ1v) is 9.21. The van der Waals surface area contributed by atoms with Crippen LogP contribution >= 0.6 is 0 Å². The maximum absolute atomic E-state index is 12.5. The Morgan fingerprint density at radius 2 is 1.90 bits per heavy atom. The van der Waals surface area contributed by atoms with E-state index in [1.54, 1.807) is 0 Å². The van der Waals surface area contributed by atoms with Gasteiger partial charge in [-0.25, -0.2) is 9.48 Å². The van der Waals surface area contributed by atoms with Crippen molar-refractivity contribution >= 4 is 14.3 Å². The van der Waals surface area contributed by atoms with Crippen LogP contribution in [0.2, 0.25) is 18.1 Å². The molecule has 120 valence electrons. The zero-order chi connectivity index (χ0) is 16.6. The fraction of sp³-hybridized carbons (Fsp3) is 0.667. The minimum Gasteiger partial charge on any atom is -0.531 e. The van der Waals surface area contributed by atoms with Crippen molar-refractivity contribution in [2.75, 3.05) is 0 Å². The molecule has 0 aromatic carbocycles. The number of alkyl halides is 3. The molecule has 21 heavy (non-hydrogen) atoms. The molecule has 0 aliphatic heterocycles. The van der Waals surface area contributed by atoms with Crippen molar-refractivity contribution < 1.29 is 27.5 Å². The molecular weight excluding hydrogens is 305 g/mol. The summed E-state index contributed by atoms with van der Waals surface area (Å²) in [7, 11) is -2.40. The second-order valence-corrected chi connectivity index (χ2v) is 11.0. The Kier molecular flexibility index (Phi) is 4.47. The first-order valence-electron chi connectivity index (χ1n) is 6.30. The van der Waals surface area contributed by atoms with Crippen LogP contribution in [0.25, 0.3) is 0 Å². The average molecular weight is 324 g/mol. The average Bonchev–Trinajstić information content (AvgIpc) is 2.56. The quantitative estimate of drug-likeness (QED) is 0.861. The van der Waals surface area contributed by atoms with Gasteiger partial charge in [-0.1, -0.05) is 20.8 Å². The third kappa shape index (κ3) is 4.48. The fourth-order valence-corrected chi connectivity index (χ4v) is 2.28. The monoisotopic (exact) mass is 324 g/mol. The number of carbonyl (C=O) groups is 1. The van der Waals surface area contributed by atoms with Gasteiger partial charge in [0.15, 0.2) is 11.6 Å². The van der Waals surface area contributed by atoms with Crippen LogP contribution in [0.15, 0.2) is 6.07 Å². The molecule has 0 spiro atoms. The standard InChI is InChI=1S/C12H19F3N2O3Si/c1-11(2,3)21(4,5)20-9-6-8(10(18)19)16-17(9)7-12(13,14)15/h6H,7H2,1-5H3,(H,18,19). The van der Waals surface area contributed by atoms with E-state index in [2.05, 4.69) is 5.10 Å². The van der Waals surface area contributed by atoms with Crippen molar-refractivity contribution in [1.82, 2.24) is 9.78 Å². The number of nitrogens with zero attached hydrogens (tertiary/aromatic N) is 2. The lowest BCUT2D eigenvalue weighted by atomic mass is 10.2. The molecular formula is C12H19F3N2O3Si. The molecule has 1 rings (SSSR count). The lowest BCUT2D eigenvalue weighted by Gasteiger charge is -2.36. The molecule has 1 heterocycles. The van der Waals surface area contributed by atoms with Crippen molar-refractivity contribution in [3.63, 3.8) is 0 Å². The van der Waals surface area contributed by atoms with Crippen LogP contribution in [-0.2, 0) is 6.54 Å². The van der Waals surface area contributed by atoms with E-state index in [9.17, 15) is 18.0 Å². The molecule has 0 aliphatic carbocycles. The van der Waals surface area contributed by atoms with Crippen LogP contribution < -0.4 is 4.43 Å². The van der Waals surface area contributed by atoms with E-state index >= 15 is 0 Å². The van der Waals surface area contributed by atoms with Gasteiger partial charge in [0, 0.05) is 6.07 Å². The molecule has 5 nitrogen and oxygen atoms in total. The van der Waals surface area contributed by atoms with Gasteiger partial charge in [0.25, 0.3) is 8.32 Å². The summed E-state index contributed by atoms with van der Waals surface area (Å²) in [5.41, 5.74) is -0.465. The highest BCUT2D eigenvalue weighted by Gasteiger charge is 2.40. The molecule has 0 saturated heterocycles.